The van der Waals surface area contributed by atoms with Gasteiger partial charge in [-0.3, -0.25) is 4.79 Å². The van der Waals surface area contributed by atoms with Gasteiger partial charge in [-0.05, 0) is 25.1 Å². The quantitative estimate of drug-likeness (QED) is 0.123. The first kappa shape index (κ1) is 19.2. The van der Waals surface area contributed by atoms with Crippen LogP contribution in [0.15, 0.2) is 48.2 Å². The average molecular weight is 367 g/mol. The molecule has 4 nitrogen and oxygen atoms in total. The number of benzene rings is 2. The number of carbonyl (C=O) groups is 2. The Kier molecular flexibility index (Phi) is 6.11. The minimum Gasteiger partial charge on any atom is -0.462 e. The number of nitrogens with one attached hydrogen (secondary N) is 1. The summed E-state index contributed by atoms with van der Waals surface area (Å²) in [6.07, 6.45) is 0.925. The first-order valence-corrected chi connectivity index (χ1v) is 7.43. The number of ether oxygens (including phenoxy) is 1. The van der Waals surface area contributed by atoms with Crippen LogP contribution in [0.5, 0.6) is 0 Å². The molecule has 0 atom stereocenters. The molecule has 0 radical (unpaired) electrons. The van der Waals surface area contributed by atoms with Crippen LogP contribution in [-0.2, 0) is 9.53 Å². The van der Waals surface area contributed by atoms with Crippen molar-refractivity contribution in [3.8, 4) is 0 Å². The second-order valence-electron chi connectivity index (χ2n) is 4.97. The van der Waals surface area contributed by atoms with E-state index in [2.05, 4.69) is 5.32 Å². The molecule has 0 aliphatic carbocycles. The van der Waals surface area contributed by atoms with Crippen molar-refractivity contribution in [2.45, 2.75) is 6.92 Å². The van der Waals surface area contributed by atoms with E-state index in [1.807, 2.05) is 0 Å². The van der Waals surface area contributed by atoms with Crippen LogP contribution < -0.4 is 5.32 Å². The van der Waals surface area contributed by atoms with Crippen molar-refractivity contribution in [2.24, 2.45) is 0 Å². The van der Waals surface area contributed by atoms with Crippen LogP contribution in [0.2, 0.25) is 0 Å². The summed E-state index contributed by atoms with van der Waals surface area (Å²) >= 11 is 0. The maximum Gasteiger partial charge on any atom is 0.343 e. The van der Waals surface area contributed by atoms with Gasteiger partial charge >= 0.3 is 5.97 Å². The standard InChI is InChI=1S/C18H13F4NO3/c1-2-26-18(25)12(9-23-10-6-4-3-5-7-10)17(24)11-8-13(19)15(21)16(22)14(11)20/h3-9,23H,2H2,1H3/b12-9+. The topological polar surface area (TPSA) is 55.4 Å². The summed E-state index contributed by atoms with van der Waals surface area (Å²) in [6, 6.07) is 8.49. The highest BCUT2D eigenvalue weighted by molar-refractivity contribution is 6.24. The van der Waals surface area contributed by atoms with E-state index >= 15 is 0 Å². The number of anilines is 1. The number of carbonyl (C=O) groups excluding carboxylic acids is 2. The predicted octanol–water partition coefficient (Wildman–Crippen LogP) is 3.98. The molecule has 0 aliphatic heterocycles. The van der Waals surface area contributed by atoms with E-state index in [9.17, 15) is 27.2 Å². The Morgan fingerprint density at radius 1 is 1.04 bits per heavy atom. The minimum atomic E-state index is -2.15. The summed E-state index contributed by atoms with van der Waals surface area (Å²) in [5.41, 5.74) is -1.35. The van der Waals surface area contributed by atoms with Crippen molar-refractivity contribution in [2.75, 3.05) is 11.9 Å². The number of halogens is 4. The van der Waals surface area contributed by atoms with Crippen LogP contribution in [0.3, 0.4) is 0 Å². The van der Waals surface area contributed by atoms with Gasteiger partial charge in [0.15, 0.2) is 23.3 Å². The lowest BCUT2D eigenvalue weighted by Gasteiger charge is -2.09. The summed E-state index contributed by atoms with van der Waals surface area (Å²) in [7, 11) is 0. The normalized spacial score (nSPS) is 11.2. The Morgan fingerprint density at radius 2 is 1.69 bits per heavy atom. The first-order chi connectivity index (χ1) is 12.4. The largest absolute Gasteiger partial charge is 0.462 e. The van der Waals surface area contributed by atoms with Crippen molar-refractivity contribution in [1.82, 2.24) is 0 Å². The molecule has 0 aliphatic rings. The van der Waals surface area contributed by atoms with Crippen molar-refractivity contribution in [3.63, 3.8) is 0 Å². The molecule has 0 spiro atoms. The molecular formula is C18H13F4NO3. The molecule has 0 aromatic heterocycles. The van der Waals surface area contributed by atoms with E-state index in [0.29, 0.717) is 5.69 Å². The van der Waals surface area contributed by atoms with Crippen molar-refractivity contribution >= 4 is 17.4 Å². The number of rotatable bonds is 6. The number of hydrogen-bond acceptors (Lipinski definition) is 4. The lowest BCUT2D eigenvalue weighted by Crippen LogP contribution is -2.19. The summed E-state index contributed by atoms with van der Waals surface area (Å²) in [5.74, 6) is -10.3. The van der Waals surface area contributed by atoms with E-state index in [1.165, 1.54) is 6.92 Å². The molecule has 0 bridgehead atoms. The highest BCUT2D eigenvalue weighted by Crippen LogP contribution is 2.22. The van der Waals surface area contributed by atoms with Gasteiger partial charge in [0.2, 0.25) is 5.78 Å². The number of Topliss-reactive ketones (excluding diaryl/α,β-unsaturated/α-hetero) is 1. The summed E-state index contributed by atoms with van der Waals surface area (Å²) in [5, 5.41) is 2.63. The molecular weight excluding hydrogens is 354 g/mol. The minimum absolute atomic E-state index is 0.0938. The summed E-state index contributed by atoms with van der Waals surface area (Å²) in [6.45, 7) is 1.38. The molecule has 26 heavy (non-hydrogen) atoms. The van der Waals surface area contributed by atoms with Gasteiger partial charge in [-0.1, -0.05) is 18.2 Å². The molecule has 0 saturated heterocycles. The Morgan fingerprint density at radius 3 is 2.31 bits per heavy atom. The molecule has 0 heterocycles. The first-order valence-electron chi connectivity index (χ1n) is 7.43. The summed E-state index contributed by atoms with van der Waals surface area (Å²) < 4.78 is 58.4. The molecule has 0 amide bonds. The third-order valence-electron chi connectivity index (χ3n) is 3.24. The van der Waals surface area contributed by atoms with Crippen LogP contribution in [0, 0.1) is 23.3 Å². The van der Waals surface area contributed by atoms with Crippen LogP contribution in [0.1, 0.15) is 17.3 Å². The van der Waals surface area contributed by atoms with Gasteiger partial charge in [0.1, 0.15) is 5.57 Å². The molecule has 136 valence electrons. The van der Waals surface area contributed by atoms with Crippen LogP contribution in [-0.4, -0.2) is 18.4 Å². The predicted molar refractivity (Wildman–Crippen MR) is 85.4 cm³/mol. The van der Waals surface area contributed by atoms with Gasteiger partial charge in [0, 0.05) is 11.9 Å². The van der Waals surface area contributed by atoms with Crippen molar-refractivity contribution < 1.29 is 31.9 Å². The molecule has 2 aromatic carbocycles. The number of ketones is 1. The molecule has 0 unspecified atom stereocenters. The number of hydrogen-bond donors (Lipinski definition) is 1. The van der Waals surface area contributed by atoms with Gasteiger partial charge in [0.05, 0.1) is 12.2 Å². The highest BCUT2D eigenvalue weighted by atomic mass is 19.2. The molecule has 0 fully saturated rings. The maximum absolute atomic E-state index is 13.9. The lowest BCUT2D eigenvalue weighted by molar-refractivity contribution is -0.138. The Bertz CT molecular complexity index is 866. The Balaban J connectivity index is 2.45. The van der Waals surface area contributed by atoms with E-state index in [0.717, 1.165) is 6.20 Å². The zero-order valence-corrected chi connectivity index (χ0v) is 13.5. The van der Waals surface area contributed by atoms with E-state index in [4.69, 9.17) is 4.74 Å². The van der Waals surface area contributed by atoms with E-state index in [1.54, 1.807) is 30.3 Å². The zero-order valence-electron chi connectivity index (χ0n) is 13.5. The third kappa shape index (κ3) is 4.08. The van der Waals surface area contributed by atoms with E-state index < -0.39 is 46.2 Å². The van der Waals surface area contributed by atoms with Gasteiger partial charge in [-0.15, -0.1) is 0 Å². The average Bonchev–Trinajstić information content (AvgIpc) is 2.64. The van der Waals surface area contributed by atoms with E-state index in [-0.39, 0.29) is 12.7 Å². The zero-order chi connectivity index (χ0) is 19.3. The van der Waals surface area contributed by atoms with Gasteiger partial charge < -0.3 is 10.1 Å². The molecule has 0 saturated carbocycles. The number of esters is 1. The van der Waals surface area contributed by atoms with Gasteiger partial charge in [-0.2, -0.15) is 0 Å². The molecule has 8 heteroatoms. The van der Waals surface area contributed by atoms with Gasteiger partial charge in [0.25, 0.3) is 0 Å². The fourth-order valence-electron chi connectivity index (χ4n) is 2.00. The maximum atomic E-state index is 13.9. The third-order valence-corrected chi connectivity index (χ3v) is 3.24. The smallest absolute Gasteiger partial charge is 0.343 e. The van der Waals surface area contributed by atoms with Crippen LogP contribution >= 0.6 is 0 Å². The second-order valence-corrected chi connectivity index (χ2v) is 4.97. The fourth-order valence-corrected chi connectivity index (χ4v) is 2.00. The lowest BCUT2D eigenvalue weighted by atomic mass is 10.0. The number of para-hydroxylation sites is 1. The van der Waals surface area contributed by atoms with Crippen molar-refractivity contribution in [1.29, 1.82) is 0 Å². The van der Waals surface area contributed by atoms with Crippen molar-refractivity contribution in [3.05, 3.63) is 77.0 Å². The fraction of sp³-hybridized carbons (Fsp3) is 0.111. The molecule has 2 aromatic rings. The van der Waals surface area contributed by atoms with Crippen LogP contribution in [0.4, 0.5) is 23.2 Å². The highest BCUT2D eigenvalue weighted by Gasteiger charge is 2.28. The molecule has 2 rings (SSSR count). The van der Waals surface area contributed by atoms with Gasteiger partial charge in [-0.25, -0.2) is 22.4 Å². The van der Waals surface area contributed by atoms with Crippen LogP contribution in [0.25, 0.3) is 0 Å². The Labute approximate surface area is 146 Å². The second kappa shape index (κ2) is 8.28. The SMILES string of the molecule is CCOC(=O)/C(=C/Nc1ccccc1)C(=O)c1cc(F)c(F)c(F)c1F. The summed E-state index contributed by atoms with van der Waals surface area (Å²) in [4.78, 5) is 24.4. The molecule has 1 N–H and O–H groups in total. The Hall–Kier alpha value is -3.16. The monoisotopic (exact) mass is 367 g/mol.